The number of hydrogen-bond acceptors (Lipinski definition) is 1. The Morgan fingerprint density at radius 3 is 2.32 bits per heavy atom. The van der Waals surface area contributed by atoms with Crippen molar-refractivity contribution in [1.29, 1.82) is 0 Å². The van der Waals surface area contributed by atoms with Crippen LogP contribution in [0.2, 0.25) is 0 Å². The third-order valence-electron chi connectivity index (χ3n) is 2.36. The summed E-state index contributed by atoms with van der Waals surface area (Å²) in [6, 6.07) is 20.2. The predicted octanol–water partition coefficient (Wildman–Crippen LogP) is 4.60. The highest BCUT2D eigenvalue weighted by Crippen LogP contribution is 2.03. The van der Waals surface area contributed by atoms with Crippen LogP contribution in [0.25, 0.3) is 6.08 Å². The molecule has 0 nitrogen and oxygen atoms in total. The van der Waals surface area contributed by atoms with Gasteiger partial charge in [0.05, 0.1) is 5.75 Å². The van der Waals surface area contributed by atoms with Gasteiger partial charge in [-0.25, -0.2) is 0 Å². The van der Waals surface area contributed by atoms with E-state index in [1.807, 2.05) is 60.0 Å². The summed E-state index contributed by atoms with van der Waals surface area (Å²) in [4.78, 5) is 0. The molecular formula is C18H14S. The molecule has 0 bridgehead atoms. The van der Waals surface area contributed by atoms with Crippen LogP contribution in [0.15, 0.2) is 71.8 Å². The van der Waals surface area contributed by atoms with Crippen LogP contribution >= 0.6 is 11.8 Å². The standard InChI is InChI=1S/C18H14S/c1-3-9-17(10-4-1)13-7-15-19-16-8-14-18-11-5-2-6-12-18/h1-6,9-13,15H,16H2. The molecule has 0 heterocycles. The number of hydrogen-bond donors (Lipinski definition) is 0. The molecule has 0 atom stereocenters. The van der Waals surface area contributed by atoms with Crippen LogP contribution in [0, 0.1) is 11.8 Å². The zero-order chi connectivity index (χ0) is 13.2. The first-order chi connectivity index (χ1) is 9.45. The Balaban J connectivity index is 1.79. The third kappa shape index (κ3) is 5.36. The van der Waals surface area contributed by atoms with E-state index in [-0.39, 0.29) is 0 Å². The molecule has 0 unspecified atom stereocenters. The smallest absolute Gasteiger partial charge is 0.0598 e. The molecule has 2 rings (SSSR count). The van der Waals surface area contributed by atoms with Gasteiger partial charge in [0, 0.05) is 11.0 Å². The molecule has 19 heavy (non-hydrogen) atoms. The molecule has 0 spiro atoms. The van der Waals surface area contributed by atoms with Crippen molar-refractivity contribution >= 4 is 17.8 Å². The SMILES string of the molecule is C(=CSCC#Cc1ccccc1)=Cc1ccccc1. The van der Waals surface area contributed by atoms with E-state index >= 15 is 0 Å². The zero-order valence-corrected chi connectivity index (χ0v) is 11.4. The maximum atomic E-state index is 3.15. The molecule has 0 aromatic heterocycles. The van der Waals surface area contributed by atoms with E-state index < -0.39 is 0 Å². The molecule has 2 aromatic carbocycles. The Morgan fingerprint density at radius 2 is 1.58 bits per heavy atom. The lowest BCUT2D eigenvalue weighted by molar-refractivity contribution is 1.65. The topological polar surface area (TPSA) is 0 Å². The van der Waals surface area contributed by atoms with Crippen molar-refractivity contribution in [2.45, 2.75) is 0 Å². The highest BCUT2D eigenvalue weighted by atomic mass is 32.2. The van der Waals surface area contributed by atoms with Crippen LogP contribution in [0.3, 0.4) is 0 Å². The molecule has 0 aliphatic heterocycles. The van der Waals surface area contributed by atoms with Crippen molar-refractivity contribution in [2.75, 3.05) is 5.75 Å². The van der Waals surface area contributed by atoms with Crippen molar-refractivity contribution in [3.63, 3.8) is 0 Å². The van der Waals surface area contributed by atoms with Crippen molar-refractivity contribution < 1.29 is 0 Å². The molecule has 0 aliphatic rings. The van der Waals surface area contributed by atoms with Crippen LogP contribution in [0.4, 0.5) is 0 Å². The summed E-state index contributed by atoms with van der Waals surface area (Å²) >= 11 is 1.65. The Hall–Kier alpha value is -2.13. The van der Waals surface area contributed by atoms with Gasteiger partial charge in [0.1, 0.15) is 0 Å². The van der Waals surface area contributed by atoms with Gasteiger partial charge < -0.3 is 0 Å². The average Bonchev–Trinajstić information content (AvgIpc) is 2.48. The molecule has 1 heteroatoms. The monoisotopic (exact) mass is 262 g/mol. The van der Waals surface area contributed by atoms with Crippen molar-refractivity contribution in [3.05, 3.63) is 82.9 Å². The fourth-order valence-corrected chi connectivity index (χ4v) is 1.87. The lowest BCUT2D eigenvalue weighted by atomic mass is 10.2. The molecule has 92 valence electrons. The Kier molecular flexibility index (Phi) is 5.64. The number of thioether (sulfide) groups is 1. The van der Waals surface area contributed by atoms with E-state index in [2.05, 4.69) is 29.7 Å². The van der Waals surface area contributed by atoms with Crippen LogP contribution in [0.1, 0.15) is 11.1 Å². The van der Waals surface area contributed by atoms with Crippen LogP contribution in [0.5, 0.6) is 0 Å². The summed E-state index contributed by atoms with van der Waals surface area (Å²) in [6.07, 6.45) is 1.97. The minimum atomic E-state index is 0.782. The van der Waals surface area contributed by atoms with E-state index in [1.54, 1.807) is 11.8 Å². The van der Waals surface area contributed by atoms with Gasteiger partial charge in [-0.15, -0.1) is 17.5 Å². The van der Waals surface area contributed by atoms with Crippen molar-refractivity contribution in [1.82, 2.24) is 0 Å². The number of benzene rings is 2. The van der Waals surface area contributed by atoms with Gasteiger partial charge in [-0.3, -0.25) is 0 Å². The van der Waals surface area contributed by atoms with Gasteiger partial charge in [0.15, 0.2) is 0 Å². The second kappa shape index (κ2) is 8.06. The Labute approximate surface area is 118 Å². The Bertz CT molecular complexity index is 609. The second-order valence-corrected chi connectivity index (χ2v) is 4.68. The fourth-order valence-electron chi connectivity index (χ4n) is 1.47. The van der Waals surface area contributed by atoms with E-state index in [4.69, 9.17) is 0 Å². The highest BCUT2D eigenvalue weighted by Gasteiger charge is 1.81. The molecule has 0 saturated carbocycles. The highest BCUT2D eigenvalue weighted by molar-refractivity contribution is 8.02. The van der Waals surface area contributed by atoms with Gasteiger partial charge in [-0.2, -0.15) is 0 Å². The lowest BCUT2D eigenvalue weighted by Crippen LogP contribution is -1.72. The number of rotatable bonds is 3. The average molecular weight is 262 g/mol. The summed E-state index contributed by atoms with van der Waals surface area (Å²) in [7, 11) is 0. The van der Waals surface area contributed by atoms with Crippen LogP contribution in [-0.2, 0) is 0 Å². The molecule has 0 saturated heterocycles. The molecule has 0 fully saturated rings. The first-order valence-electron chi connectivity index (χ1n) is 6.07. The van der Waals surface area contributed by atoms with Gasteiger partial charge in [0.2, 0.25) is 0 Å². The van der Waals surface area contributed by atoms with Crippen molar-refractivity contribution in [3.8, 4) is 11.8 Å². The van der Waals surface area contributed by atoms with Crippen LogP contribution in [-0.4, -0.2) is 5.75 Å². The maximum Gasteiger partial charge on any atom is 0.0598 e. The van der Waals surface area contributed by atoms with E-state index in [0.717, 1.165) is 16.9 Å². The molecular weight excluding hydrogens is 248 g/mol. The molecule has 0 aliphatic carbocycles. The summed E-state index contributed by atoms with van der Waals surface area (Å²) < 4.78 is 0. The van der Waals surface area contributed by atoms with Gasteiger partial charge in [0.25, 0.3) is 0 Å². The fraction of sp³-hybridized carbons (Fsp3) is 0.0556. The van der Waals surface area contributed by atoms with Gasteiger partial charge in [-0.05, 0) is 23.8 Å². The summed E-state index contributed by atoms with van der Waals surface area (Å²) in [5.41, 5.74) is 5.37. The molecule has 0 N–H and O–H groups in total. The largest absolute Gasteiger partial charge is 0.113 e. The minimum absolute atomic E-state index is 0.782. The maximum absolute atomic E-state index is 3.15. The first kappa shape index (κ1) is 13.3. The van der Waals surface area contributed by atoms with Gasteiger partial charge >= 0.3 is 0 Å². The predicted molar refractivity (Wildman–Crippen MR) is 84.8 cm³/mol. The van der Waals surface area contributed by atoms with Gasteiger partial charge in [-0.1, -0.05) is 60.4 Å². The first-order valence-corrected chi connectivity index (χ1v) is 7.11. The lowest BCUT2D eigenvalue weighted by Gasteiger charge is -1.87. The second-order valence-electron chi connectivity index (χ2n) is 3.82. The minimum Gasteiger partial charge on any atom is -0.113 e. The summed E-state index contributed by atoms with van der Waals surface area (Å²) in [6.45, 7) is 0. The van der Waals surface area contributed by atoms with Crippen molar-refractivity contribution in [2.24, 2.45) is 0 Å². The Morgan fingerprint density at radius 1 is 0.895 bits per heavy atom. The molecule has 0 amide bonds. The van der Waals surface area contributed by atoms with E-state index in [9.17, 15) is 0 Å². The quantitative estimate of drug-likeness (QED) is 0.442. The molecule has 2 aromatic rings. The van der Waals surface area contributed by atoms with Crippen LogP contribution < -0.4 is 0 Å². The van der Waals surface area contributed by atoms with E-state index in [0.29, 0.717) is 0 Å². The normalized spacial score (nSPS) is 8.84. The summed E-state index contributed by atoms with van der Waals surface area (Å²) in [5.74, 6) is 7.03. The zero-order valence-electron chi connectivity index (χ0n) is 10.5. The molecule has 0 radical (unpaired) electrons. The van der Waals surface area contributed by atoms with E-state index in [1.165, 1.54) is 0 Å². The third-order valence-corrected chi connectivity index (χ3v) is 2.98. The summed E-state index contributed by atoms with van der Waals surface area (Å²) in [5, 5.41) is 1.95.